The van der Waals surface area contributed by atoms with E-state index < -0.39 is 17.6 Å². The van der Waals surface area contributed by atoms with E-state index in [1.54, 1.807) is 18.2 Å². The van der Waals surface area contributed by atoms with E-state index in [-0.39, 0.29) is 21.8 Å². The fraction of sp³-hybridized carbons (Fsp3) is 0. The lowest BCUT2D eigenvalue weighted by Crippen LogP contribution is -2.16. The van der Waals surface area contributed by atoms with Crippen LogP contribution in [0.4, 0.5) is 10.1 Å². The van der Waals surface area contributed by atoms with Gasteiger partial charge in [0.1, 0.15) is 5.82 Å². The Morgan fingerprint density at radius 3 is 2.57 bits per heavy atom. The van der Waals surface area contributed by atoms with E-state index in [9.17, 15) is 14.0 Å². The van der Waals surface area contributed by atoms with Crippen LogP contribution in [0, 0.1) is 5.82 Å². The van der Waals surface area contributed by atoms with Gasteiger partial charge in [-0.25, -0.2) is 4.39 Å². The van der Waals surface area contributed by atoms with Crippen LogP contribution in [0.3, 0.4) is 0 Å². The Morgan fingerprint density at radius 1 is 1.19 bits per heavy atom. The van der Waals surface area contributed by atoms with Gasteiger partial charge in [-0.3, -0.25) is 9.59 Å². The molecule has 0 unspecified atom stereocenters. The molecule has 0 saturated carbocycles. The zero-order valence-corrected chi connectivity index (χ0v) is 12.8. The van der Waals surface area contributed by atoms with Gasteiger partial charge in [-0.2, -0.15) is 0 Å². The second-order valence-corrected chi connectivity index (χ2v) is 5.35. The van der Waals surface area contributed by atoms with Gasteiger partial charge in [-0.1, -0.05) is 17.7 Å². The largest absolute Gasteiger partial charge is 0.366 e. The summed E-state index contributed by atoms with van der Waals surface area (Å²) >= 11 is 9.24. The van der Waals surface area contributed by atoms with E-state index in [0.29, 0.717) is 4.47 Å². The number of amides is 2. The van der Waals surface area contributed by atoms with Crippen LogP contribution in [0.2, 0.25) is 5.02 Å². The van der Waals surface area contributed by atoms with Crippen molar-refractivity contribution in [1.82, 2.24) is 0 Å². The van der Waals surface area contributed by atoms with Crippen LogP contribution in [0.5, 0.6) is 0 Å². The molecule has 3 N–H and O–H groups in total. The molecule has 0 spiro atoms. The highest BCUT2D eigenvalue weighted by molar-refractivity contribution is 9.10. The van der Waals surface area contributed by atoms with Gasteiger partial charge in [-0.15, -0.1) is 0 Å². The zero-order chi connectivity index (χ0) is 15.6. The van der Waals surface area contributed by atoms with Crippen LogP contribution in [-0.2, 0) is 0 Å². The third kappa shape index (κ3) is 3.40. The number of carbonyl (C=O) groups excluding carboxylic acids is 2. The highest BCUT2D eigenvalue weighted by atomic mass is 79.9. The quantitative estimate of drug-likeness (QED) is 0.865. The number of hydrogen-bond acceptors (Lipinski definition) is 2. The van der Waals surface area contributed by atoms with Crippen LogP contribution in [0.25, 0.3) is 0 Å². The Kier molecular flexibility index (Phi) is 4.59. The van der Waals surface area contributed by atoms with Crippen molar-refractivity contribution in [2.45, 2.75) is 0 Å². The first-order valence-corrected chi connectivity index (χ1v) is 6.92. The predicted molar refractivity (Wildman–Crippen MR) is 82.0 cm³/mol. The van der Waals surface area contributed by atoms with Crippen LogP contribution in [0.15, 0.2) is 40.9 Å². The topological polar surface area (TPSA) is 72.2 Å². The van der Waals surface area contributed by atoms with E-state index in [1.165, 1.54) is 12.1 Å². The lowest BCUT2D eigenvalue weighted by Gasteiger charge is -2.09. The molecule has 0 radical (unpaired) electrons. The minimum absolute atomic E-state index is 0.242. The summed E-state index contributed by atoms with van der Waals surface area (Å²) in [5.41, 5.74) is 5.24. The summed E-state index contributed by atoms with van der Waals surface area (Å²) in [5.74, 6) is -2.14. The lowest BCUT2D eigenvalue weighted by molar-refractivity contribution is 0.0992. The molecule has 0 saturated heterocycles. The molecule has 0 atom stereocenters. The summed E-state index contributed by atoms with van der Waals surface area (Å²) in [7, 11) is 0. The minimum Gasteiger partial charge on any atom is -0.366 e. The van der Waals surface area contributed by atoms with Crippen molar-refractivity contribution in [3.8, 4) is 0 Å². The van der Waals surface area contributed by atoms with Gasteiger partial charge < -0.3 is 11.1 Å². The fourth-order valence-electron chi connectivity index (χ4n) is 1.67. The lowest BCUT2D eigenvalue weighted by atomic mass is 10.1. The molecule has 0 aromatic heterocycles. The number of nitrogens with one attached hydrogen (secondary N) is 1. The van der Waals surface area contributed by atoms with E-state index >= 15 is 0 Å². The molecule has 2 amide bonds. The Balaban J connectivity index is 2.30. The third-order valence-electron chi connectivity index (χ3n) is 2.69. The molecule has 0 bridgehead atoms. The number of rotatable bonds is 3. The van der Waals surface area contributed by atoms with Crippen LogP contribution >= 0.6 is 27.5 Å². The molecule has 2 aromatic carbocycles. The smallest absolute Gasteiger partial charge is 0.257 e. The molecule has 0 aliphatic carbocycles. The van der Waals surface area contributed by atoms with Crippen molar-refractivity contribution >= 4 is 45.0 Å². The highest BCUT2D eigenvalue weighted by Crippen LogP contribution is 2.26. The number of hydrogen-bond donors (Lipinski definition) is 2. The maximum atomic E-state index is 13.4. The van der Waals surface area contributed by atoms with Crippen LogP contribution in [-0.4, -0.2) is 11.8 Å². The van der Waals surface area contributed by atoms with Crippen molar-refractivity contribution < 1.29 is 14.0 Å². The maximum Gasteiger partial charge on any atom is 0.257 e. The molecule has 0 aliphatic rings. The molecule has 21 heavy (non-hydrogen) atoms. The van der Waals surface area contributed by atoms with E-state index in [1.807, 2.05) is 0 Å². The summed E-state index contributed by atoms with van der Waals surface area (Å²) in [6.45, 7) is 0. The van der Waals surface area contributed by atoms with Gasteiger partial charge >= 0.3 is 0 Å². The summed E-state index contributed by atoms with van der Waals surface area (Å²) in [6.07, 6.45) is 0. The Morgan fingerprint density at radius 2 is 1.90 bits per heavy atom. The summed E-state index contributed by atoms with van der Waals surface area (Å²) in [4.78, 5) is 23.2. The molecule has 0 heterocycles. The first-order chi connectivity index (χ1) is 9.90. The molecular formula is C14H9BrClFN2O2. The van der Waals surface area contributed by atoms with Crippen LogP contribution in [0.1, 0.15) is 20.7 Å². The van der Waals surface area contributed by atoms with Gasteiger partial charge in [0.15, 0.2) is 0 Å². The molecule has 2 aromatic rings. The fourth-order valence-corrected chi connectivity index (χ4v) is 2.25. The number of benzene rings is 2. The summed E-state index contributed by atoms with van der Waals surface area (Å²) in [6, 6.07) is 8.44. The van der Waals surface area contributed by atoms with E-state index in [0.717, 1.165) is 6.07 Å². The van der Waals surface area contributed by atoms with Crippen molar-refractivity contribution in [2.24, 2.45) is 5.73 Å². The number of anilines is 1. The number of nitrogens with two attached hydrogens (primary N) is 1. The minimum atomic E-state index is -0.913. The molecule has 2 rings (SSSR count). The molecule has 0 aliphatic heterocycles. The molecule has 108 valence electrons. The van der Waals surface area contributed by atoms with Crippen molar-refractivity contribution in [2.75, 3.05) is 5.32 Å². The van der Waals surface area contributed by atoms with E-state index in [4.69, 9.17) is 17.3 Å². The first kappa shape index (κ1) is 15.5. The van der Waals surface area contributed by atoms with Gasteiger partial charge in [0, 0.05) is 10.2 Å². The summed E-state index contributed by atoms with van der Waals surface area (Å²) in [5, 5.41) is 2.79. The van der Waals surface area contributed by atoms with Gasteiger partial charge in [0.2, 0.25) is 0 Å². The number of carbonyl (C=O) groups is 2. The number of halogens is 3. The van der Waals surface area contributed by atoms with Crippen molar-refractivity contribution in [3.05, 3.63) is 62.8 Å². The summed E-state index contributed by atoms with van der Waals surface area (Å²) < 4.78 is 13.9. The van der Waals surface area contributed by atoms with Crippen molar-refractivity contribution in [3.63, 3.8) is 0 Å². The monoisotopic (exact) mass is 370 g/mol. The molecule has 4 nitrogen and oxygen atoms in total. The predicted octanol–water partition coefficient (Wildman–Crippen LogP) is 3.59. The molecule has 0 fully saturated rings. The second-order valence-electron chi connectivity index (χ2n) is 4.11. The molecular weight excluding hydrogens is 363 g/mol. The van der Waals surface area contributed by atoms with Gasteiger partial charge in [0.05, 0.1) is 16.1 Å². The zero-order valence-electron chi connectivity index (χ0n) is 10.5. The van der Waals surface area contributed by atoms with E-state index in [2.05, 4.69) is 21.2 Å². The average Bonchev–Trinajstić information content (AvgIpc) is 2.43. The van der Waals surface area contributed by atoms with Gasteiger partial charge in [-0.05, 0) is 46.3 Å². The first-order valence-electron chi connectivity index (χ1n) is 5.75. The second kappa shape index (κ2) is 6.24. The maximum absolute atomic E-state index is 13.4. The van der Waals surface area contributed by atoms with Crippen LogP contribution < -0.4 is 11.1 Å². The molecule has 7 heteroatoms. The Bertz CT molecular complexity index is 737. The Hall–Kier alpha value is -1.92. The van der Waals surface area contributed by atoms with Gasteiger partial charge in [0.25, 0.3) is 11.8 Å². The number of primary amides is 1. The SMILES string of the molecule is NC(=O)c1cc(NC(=O)c2cccc(Br)c2Cl)ccc1F. The standard InChI is InChI=1S/C14H9BrClFN2O2/c15-10-3-1-2-8(12(10)16)14(21)19-7-4-5-11(17)9(6-7)13(18)20/h1-6H,(H2,18,20)(H,19,21). The normalized spacial score (nSPS) is 10.2. The average molecular weight is 372 g/mol. The third-order valence-corrected chi connectivity index (χ3v) is 3.98. The van der Waals surface area contributed by atoms with Crippen molar-refractivity contribution in [1.29, 1.82) is 0 Å². The Labute approximate surface area is 133 Å². The highest BCUT2D eigenvalue weighted by Gasteiger charge is 2.14.